The van der Waals surface area contributed by atoms with Crippen molar-refractivity contribution in [1.82, 2.24) is 19.9 Å². The lowest BCUT2D eigenvalue weighted by atomic mass is 10.3. The van der Waals surface area contributed by atoms with Gasteiger partial charge in [-0.1, -0.05) is 17.8 Å². The number of pyridine rings is 1. The number of amides is 1. The lowest BCUT2D eigenvalue weighted by molar-refractivity contribution is -0.128. The number of carbonyl (C=O) groups excluding carboxylic acids is 1. The highest BCUT2D eigenvalue weighted by Crippen LogP contribution is 2.16. The summed E-state index contributed by atoms with van der Waals surface area (Å²) in [6.07, 6.45) is 6.86. The summed E-state index contributed by atoms with van der Waals surface area (Å²) in [5.74, 6) is 1.47. The van der Waals surface area contributed by atoms with E-state index >= 15 is 0 Å². The predicted octanol–water partition coefficient (Wildman–Crippen LogP) is 1.31. The van der Waals surface area contributed by atoms with Gasteiger partial charge < -0.3 is 9.80 Å². The van der Waals surface area contributed by atoms with E-state index in [9.17, 15) is 4.79 Å². The van der Waals surface area contributed by atoms with Gasteiger partial charge >= 0.3 is 0 Å². The van der Waals surface area contributed by atoms with Gasteiger partial charge in [0.25, 0.3) is 0 Å². The third kappa shape index (κ3) is 3.73. The van der Waals surface area contributed by atoms with Gasteiger partial charge in [0.05, 0.1) is 17.0 Å². The third-order valence-corrected chi connectivity index (χ3v) is 4.42. The van der Waals surface area contributed by atoms with Crippen LogP contribution in [0.25, 0.3) is 0 Å². The Kier molecular flexibility index (Phi) is 4.85. The molecule has 0 saturated carbocycles. The highest BCUT2D eigenvalue weighted by molar-refractivity contribution is 7.99. The molecule has 3 rings (SSSR count). The Morgan fingerprint density at radius 3 is 2.64 bits per heavy atom. The predicted molar refractivity (Wildman–Crippen MR) is 85.8 cm³/mol. The van der Waals surface area contributed by atoms with E-state index in [1.165, 1.54) is 11.8 Å². The first-order valence-electron chi connectivity index (χ1n) is 7.15. The fraction of sp³-hybridized carbons (Fsp3) is 0.333. The van der Waals surface area contributed by atoms with Gasteiger partial charge in [-0.2, -0.15) is 0 Å². The van der Waals surface area contributed by atoms with Crippen molar-refractivity contribution in [1.29, 1.82) is 0 Å². The maximum atomic E-state index is 12.2. The molecule has 1 aliphatic rings. The van der Waals surface area contributed by atoms with Crippen molar-refractivity contribution in [3.05, 3.63) is 43.0 Å². The van der Waals surface area contributed by atoms with Crippen LogP contribution < -0.4 is 4.90 Å². The van der Waals surface area contributed by atoms with Crippen LogP contribution in [0, 0.1) is 0 Å². The van der Waals surface area contributed by atoms with E-state index in [2.05, 4.69) is 19.9 Å². The van der Waals surface area contributed by atoms with Crippen molar-refractivity contribution in [2.24, 2.45) is 0 Å². The quantitative estimate of drug-likeness (QED) is 0.793. The van der Waals surface area contributed by atoms with Crippen LogP contribution in [-0.2, 0) is 4.79 Å². The number of carbonyl (C=O) groups is 1. The number of anilines is 1. The second kappa shape index (κ2) is 7.22. The second-order valence-corrected chi connectivity index (χ2v) is 5.88. The molecule has 0 bridgehead atoms. The van der Waals surface area contributed by atoms with Gasteiger partial charge in [-0.05, 0) is 12.1 Å². The Hall–Kier alpha value is -2.15. The molecule has 7 heteroatoms. The molecule has 6 nitrogen and oxygen atoms in total. The zero-order valence-electron chi connectivity index (χ0n) is 12.1. The third-order valence-electron chi connectivity index (χ3n) is 3.49. The standard InChI is InChI=1S/C15H17N5OS/c21-15(12-22-14-3-1-2-4-18-14)20-9-7-19(8-10-20)13-11-16-5-6-17-13/h1-6,11H,7-10,12H2. The topological polar surface area (TPSA) is 62.2 Å². The average molecular weight is 315 g/mol. The molecule has 1 saturated heterocycles. The Morgan fingerprint density at radius 2 is 1.95 bits per heavy atom. The fourth-order valence-corrected chi connectivity index (χ4v) is 3.06. The van der Waals surface area contributed by atoms with E-state index < -0.39 is 0 Å². The van der Waals surface area contributed by atoms with E-state index in [1.807, 2.05) is 23.1 Å². The molecule has 1 fully saturated rings. The van der Waals surface area contributed by atoms with Gasteiger partial charge in [0, 0.05) is 44.8 Å². The number of nitrogens with zero attached hydrogens (tertiary/aromatic N) is 5. The normalized spacial score (nSPS) is 14.9. The van der Waals surface area contributed by atoms with Gasteiger partial charge in [-0.25, -0.2) is 9.97 Å². The first kappa shape index (κ1) is 14.8. The number of hydrogen-bond acceptors (Lipinski definition) is 6. The summed E-state index contributed by atoms with van der Waals surface area (Å²) in [4.78, 5) is 28.9. The van der Waals surface area contributed by atoms with Gasteiger partial charge in [0.15, 0.2) is 0 Å². The van der Waals surface area contributed by atoms with Crippen molar-refractivity contribution in [2.75, 3.05) is 36.8 Å². The monoisotopic (exact) mass is 315 g/mol. The van der Waals surface area contributed by atoms with Crippen LogP contribution in [0.2, 0.25) is 0 Å². The molecule has 0 aliphatic carbocycles. The number of aromatic nitrogens is 3. The van der Waals surface area contributed by atoms with Crippen LogP contribution in [0.5, 0.6) is 0 Å². The Morgan fingerprint density at radius 1 is 1.09 bits per heavy atom. The Bertz CT molecular complexity index is 602. The molecular formula is C15H17N5OS. The average Bonchev–Trinajstić information content (AvgIpc) is 2.61. The number of hydrogen-bond donors (Lipinski definition) is 0. The van der Waals surface area contributed by atoms with Crippen molar-refractivity contribution in [2.45, 2.75) is 5.03 Å². The molecule has 3 heterocycles. The van der Waals surface area contributed by atoms with Crippen LogP contribution in [0.15, 0.2) is 48.0 Å². The summed E-state index contributed by atoms with van der Waals surface area (Å²) in [6.45, 7) is 3.02. The van der Waals surface area contributed by atoms with Crippen LogP contribution in [0.3, 0.4) is 0 Å². The van der Waals surface area contributed by atoms with Crippen LogP contribution in [0.4, 0.5) is 5.82 Å². The highest BCUT2D eigenvalue weighted by Gasteiger charge is 2.21. The van der Waals surface area contributed by atoms with Crippen molar-refractivity contribution in [3.8, 4) is 0 Å². The maximum absolute atomic E-state index is 12.2. The largest absolute Gasteiger partial charge is 0.352 e. The van der Waals surface area contributed by atoms with Gasteiger partial charge in [0.1, 0.15) is 5.82 Å². The smallest absolute Gasteiger partial charge is 0.233 e. The first-order chi connectivity index (χ1) is 10.8. The van der Waals surface area contributed by atoms with Crippen LogP contribution >= 0.6 is 11.8 Å². The first-order valence-corrected chi connectivity index (χ1v) is 8.14. The van der Waals surface area contributed by atoms with Gasteiger partial charge in [0.2, 0.25) is 5.91 Å². The van der Waals surface area contributed by atoms with Gasteiger partial charge in [-0.15, -0.1) is 0 Å². The number of rotatable bonds is 4. The minimum absolute atomic E-state index is 0.162. The molecular weight excluding hydrogens is 298 g/mol. The lowest BCUT2D eigenvalue weighted by Gasteiger charge is -2.35. The SMILES string of the molecule is O=C(CSc1ccccn1)N1CCN(c2cnccn2)CC1. The molecule has 1 aliphatic heterocycles. The molecule has 0 N–H and O–H groups in total. The number of piperazine rings is 1. The summed E-state index contributed by atoms with van der Waals surface area (Å²) < 4.78 is 0. The van der Waals surface area contributed by atoms with Crippen molar-refractivity contribution >= 4 is 23.5 Å². The lowest BCUT2D eigenvalue weighted by Crippen LogP contribution is -2.49. The van der Waals surface area contributed by atoms with E-state index in [0.717, 1.165) is 37.0 Å². The molecule has 22 heavy (non-hydrogen) atoms. The summed E-state index contributed by atoms with van der Waals surface area (Å²) in [7, 11) is 0. The minimum atomic E-state index is 0.162. The van der Waals surface area contributed by atoms with E-state index in [1.54, 1.807) is 24.8 Å². The Labute approximate surface area is 133 Å². The zero-order valence-corrected chi connectivity index (χ0v) is 12.9. The second-order valence-electron chi connectivity index (χ2n) is 4.89. The maximum Gasteiger partial charge on any atom is 0.233 e. The minimum Gasteiger partial charge on any atom is -0.352 e. The molecule has 2 aromatic rings. The molecule has 0 radical (unpaired) electrons. The molecule has 0 unspecified atom stereocenters. The summed E-state index contributed by atoms with van der Waals surface area (Å²) >= 11 is 1.48. The van der Waals surface area contributed by atoms with E-state index in [-0.39, 0.29) is 5.91 Å². The highest BCUT2D eigenvalue weighted by atomic mass is 32.2. The van der Waals surface area contributed by atoms with Gasteiger partial charge in [-0.3, -0.25) is 9.78 Å². The number of thioether (sulfide) groups is 1. The molecule has 0 aromatic carbocycles. The van der Waals surface area contributed by atoms with E-state index in [0.29, 0.717) is 5.75 Å². The van der Waals surface area contributed by atoms with Crippen molar-refractivity contribution in [3.63, 3.8) is 0 Å². The van der Waals surface area contributed by atoms with Crippen molar-refractivity contribution < 1.29 is 4.79 Å². The zero-order chi connectivity index (χ0) is 15.2. The van der Waals surface area contributed by atoms with Crippen LogP contribution in [0.1, 0.15) is 0 Å². The molecule has 0 spiro atoms. The summed E-state index contributed by atoms with van der Waals surface area (Å²) in [5, 5.41) is 0.883. The van der Waals surface area contributed by atoms with Crippen LogP contribution in [-0.4, -0.2) is 57.7 Å². The fourth-order valence-electron chi connectivity index (χ4n) is 2.30. The summed E-state index contributed by atoms with van der Waals surface area (Å²) in [5.41, 5.74) is 0. The molecule has 2 aromatic heterocycles. The Balaban J connectivity index is 1.48. The molecule has 114 valence electrons. The summed E-state index contributed by atoms with van der Waals surface area (Å²) in [6, 6.07) is 5.72. The van der Waals surface area contributed by atoms with E-state index in [4.69, 9.17) is 0 Å². The molecule has 1 amide bonds. The molecule has 0 atom stereocenters.